The largest absolute Gasteiger partial charge is 0.381 e. The van der Waals surface area contributed by atoms with E-state index in [-0.39, 0.29) is 28.7 Å². The summed E-state index contributed by atoms with van der Waals surface area (Å²) in [5.74, 6) is 0.906. The van der Waals surface area contributed by atoms with Crippen molar-refractivity contribution in [3.8, 4) is 0 Å². The molecule has 1 unspecified atom stereocenters. The number of aliphatic imine (C=N–C) groups is 1. The van der Waals surface area contributed by atoms with E-state index in [0.29, 0.717) is 6.04 Å². The number of hydrogen-bond acceptors (Lipinski definition) is 5. The highest BCUT2D eigenvalue weighted by Gasteiger charge is 2.32. The van der Waals surface area contributed by atoms with Crippen LogP contribution in [0.2, 0.25) is 0 Å². The van der Waals surface area contributed by atoms with Gasteiger partial charge < -0.3 is 20.3 Å². The Morgan fingerprint density at radius 1 is 1.44 bits per heavy atom. The number of thioether (sulfide) groups is 1. The molecule has 0 aromatic carbocycles. The van der Waals surface area contributed by atoms with Crippen molar-refractivity contribution in [3.63, 3.8) is 0 Å². The fourth-order valence-electron chi connectivity index (χ4n) is 3.73. The minimum Gasteiger partial charge on any atom is -0.381 e. The molecule has 2 N–H and O–H groups in total. The molecule has 2 saturated heterocycles. The third kappa shape index (κ3) is 6.15. The van der Waals surface area contributed by atoms with Crippen molar-refractivity contribution >= 4 is 47.4 Å². The average molecular weight is 508 g/mol. The van der Waals surface area contributed by atoms with Gasteiger partial charge in [0.2, 0.25) is 0 Å². The lowest BCUT2D eigenvalue weighted by Gasteiger charge is -2.37. The van der Waals surface area contributed by atoms with Gasteiger partial charge in [0.15, 0.2) is 5.96 Å². The van der Waals surface area contributed by atoms with Gasteiger partial charge in [0.1, 0.15) is 0 Å². The van der Waals surface area contributed by atoms with Gasteiger partial charge in [-0.25, -0.2) is 0 Å². The number of aryl methyl sites for hydroxylation is 1. The van der Waals surface area contributed by atoms with Gasteiger partial charge in [-0.3, -0.25) is 9.67 Å². The predicted octanol–water partition coefficient (Wildman–Crippen LogP) is 2.08. The van der Waals surface area contributed by atoms with E-state index in [0.717, 1.165) is 51.6 Å². The molecule has 7 nitrogen and oxygen atoms in total. The van der Waals surface area contributed by atoms with Crippen LogP contribution < -0.4 is 15.5 Å². The van der Waals surface area contributed by atoms with E-state index in [2.05, 4.69) is 38.1 Å². The van der Waals surface area contributed by atoms with Crippen LogP contribution >= 0.6 is 35.7 Å². The Bertz CT molecular complexity index is 604. The molecule has 1 aromatic heterocycles. The first kappa shape index (κ1) is 22.6. The normalized spacial score (nSPS) is 22.9. The summed E-state index contributed by atoms with van der Waals surface area (Å²) in [6, 6.07) is 0.398. The number of halogens is 1. The first-order chi connectivity index (χ1) is 12.6. The second-order valence-electron chi connectivity index (χ2n) is 7.23. The third-order valence-electron chi connectivity index (χ3n) is 5.46. The van der Waals surface area contributed by atoms with Gasteiger partial charge in [0, 0.05) is 63.9 Å². The summed E-state index contributed by atoms with van der Waals surface area (Å²) < 4.78 is 7.66. The van der Waals surface area contributed by atoms with Gasteiger partial charge >= 0.3 is 0 Å². The second kappa shape index (κ2) is 10.8. The molecule has 154 valence electrons. The Hall–Kier alpha value is -0.680. The minimum atomic E-state index is 0. The van der Waals surface area contributed by atoms with E-state index in [1.807, 2.05) is 36.7 Å². The monoisotopic (exact) mass is 508 g/mol. The van der Waals surface area contributed by atoms with E-state index in [1.54, 1.807) is 0 Å². The maximum Gasteiger partial charge on any atom is 0.191 e. The molecule has 0 bridgehead atoms. The lowest BCUT2D eigenvalue weighted by Crippen LogP contribution is -2.53. The van der Waals surface area contributed by atoms with Gasteiger partial charge in [0.05, 0.1) is 11.9 Å². The molecule has 2 fully saturated rings. The zero-order valence-corrected chi connectivity index (χ0v) is 19.8. The van der Waals surface area contributed by atoms with Crippen LogP contribution in [0.15, 0.2) is 17.4 Å². The smallest absolute Gasteiger partial charge is 0.191 e. The molecular formula is C18H33IN6OS. The number of anilines is 1. The summed E-state index contributed by atoms with van der Waals surface area (Å²) in [6.45, 7) is 4.71. The van der Waals surface area contributed by atoms with Gasteiger partial charge in [-0.1, -0.05) is 0 Å². The fourth-order valence-corrected chi connectivity index (χ4v) is 4.52. The Labute approximate surface area is 184 Å². The highest BCUT2D eigenvalue weighted by molar-refractivity contribution is 14.0. The van der Waals surface area contributed by atoms with Gasteiger partial charge in [-0.15, -0.1) is 24.0 Å². The highest BCUT2D eigenvalue weighted by Crippen LogP contribution is 2.33. The van der Waals surface area contributed by atoms with Crippen molar-refractivity contribution in [1.29, 1.82) is 0 Å². The second-order valence-corrected chi connectivity index (χ2v) is 8.50. The third-order valence-corrected chi connectivity index (χ3v) is 6.88. The number of ether oxygens (including phenoxy) is 1. The SMILES string of the molecule is CN=C(NCC1(SC)CCOCC1)NC1CCCN(c2cnn(C)c2)C1.I. The first-order valence-corrected chi connectivity index (χ1v) is 10.7. The Balaban J connectivity index is 0.00000261. The molecular weight excluding hydrogens is 475 g/mol. The summed E-state index contributed by atoms with van der Waals surface area (Å²) in [5.41, 5.74) is 1.20. The Morgan fingerprint density at radius 2 is 2.22 bits per heavy atom. The van der Waals surface area contributed by atoms with Crippen LogP contribution in [0.3, 0.4) is 0 Å². The number of piperidine rings is 1. The summed E-state index contributed by atoms with van der Waals surface area (Å²) in [4.78, 5) is 6.86. The van der Waals surface area contributed by atoms with Crippen LogP contribution in [-0.4, -0.2) is 72.7 Å². The quantitative estimate of drug-likeness (QED) is 0.361. The van der Waals surface area contributed by atoms with E-state index in [4.69, 9.17) is 4.74 Å². The van der Waals surface area contributed by atoms with E-state index in [1.165, 1.54) is 18.5 Å². The van der Waals surface area contributed by atoms with Crippen molar-refractivity contribution < 1.29 is 4.74 Å². The summed E-state index contributed by atoms with van der Waals surface area (Å²) in [5, 5.41) is 11.5. The maximum absolute atomic E-state index is 5.54. The molecule has 9 heteroatoms. The van der Waals surface area contributed by atoms with Gasteiger partial charge in [0.25, 0.3) is 0 Å². The Morgan fingerprint density at radius 3 is 2.85 bits per heavy atom. The molecule has 0 amide bonds. The molecule has 1 atom stereocenters. The first-order valence-electron chi connectivity index (χ1n) is 9.48. The van der Waals surface area contributed by atoms with Crippen LogP contribution in [0, 0.1) is 0 Å². The van der Waals surface area contributed by atoms with Gasteiger partial charge in [-0.05, 0) is 31.9 Å². The van der Waals surface area contributed by atoms with Crippen molar-refractivity contribution in [1.82, 2.24) is 20.4 Å². The predicted molar refractivity (Wildman–Crippen MR) is 125 cm³/mol. The zero-order chi connectivity index (χ0) is 18.4. The van der Waals surface area contributed by atoms with E-state index >= 15 is 0 Å². The minimum absolute atomic E-state index is 0. The molecule has 3 rings (SSSR count). The molecule has 3 heterocycles. The molecule has 2 aliphatic rings. The molecule has 27 heavy (non-hydrogen) atoms. The van der Waals surface area contributed by atoms with Crippen LogP contribution in [0.1, 0.15) is 25.7 Å². The van der Waals surface area contributed by atoms with Crippen LogP contribution in [0.25, 0.3) is 0 Å². The zero-order valence-electron chi connectivity index (χ0n) is 16.6. The van der Waals surface area contributed by atoms with Crippen molar-refractivity contribution in [2.75, 3.05) is 51.1 Å². The number of nitrogens with one attached hydrogen (secondary N) is 2. The topological polar surface area (TPSA) is 66.7 Å². The van der Waals surface area contributed by atoms with Crippen LogP contribution in [0.5, 0.6) is 0 Å². The van der Waals surface area contributed by atoms with Crippen LogP contribution in [0.4, 0.5) is 5.69 Å². The molecule has 0 radical (unpaired) electrons. The van der Waals surface area contributed by atoms with Crippen molar-refractivity contribution in [2.45, 2.75) is 36.5 Å². The number of nitrogens with zero attached hydrogens (tertiary/aromatic N) is 4. The highest BCUT2D eigenvalue weighted by atomic mass is 127. The average Bonchev–Trinajstić information content (AvgIpc) is 3.12. The maximum atomic E-state index is 5.54. The number of aromatic nitrogens is 2. The summed E-state index contributed by atoms with van der Waals surface area (Å²) >= 11 is 1.95. The van der Waals surface area contributed by atoms with Gasteiger partial charge in [-0.2, -0.15) is 16.9 Å². The van der Waals surface area contributed by atoms with Crippen molar-refractivity contribution in [2.24, 2.45) is 12.0 Å². The summed E-state index contributed by atoms with van der Waals surface area (Å²) in [7, 11) is 3.82. The van der Waals surface area contributed by atoms with E-state index < -0.39 is 0 Å². The Kier molecular flexibility index (Phi) is 9.00. The van der Waals surface area contributed by atoms with Crippen molar-refractivity contribution in [3.05, 3.63) is 12.4 Å². The molecule has 1 aromatic rings. The number of hydrogen-bond donors (Lipinski definition) is 2. The standard InChI is InChI=1S/C18H32N6OS.HI/c1-19-17(20-14-18(26-3)6-9-25-10-7-18)22-15-5-4-8-24(12-15)16-11-21-23(2)13-16;/h11,13,15H,4-10,12,14H2,1-3H3,(H2,19,20,22);1H. The van der Waals surface area contributed by atoms with E-state index in [9.17, 15) is 0 Å². The number of guanidine groups is 1. The molecule has 0 saturated carbocycles. The van der Waals surface area contributed by atoms with Crippen LogP contribution in [-0.2, 0) is 11.8 Å². The molecule has 0 aliphatic carbocycles. The molecule has 2 aliphatic heterocycles. The lowest BCUT2D eigenvalue weighted by molar-refractivity contribution is 0.0782. The number of rotatable bonds is 5. The fraction of sp³-hybridized carbons (Fsp3) is 0.778. The summed E-state index contributed by atoms with van der Waals surface area (Å²) in [6.07, 6.45) is 10.8. The molecule has 0 spiro atoms. The lowest BCUT2D eigenvalue weighted by atomic mass is 9.99.